The fourth-order valence-corrected chi connectivity index (χ4v) is 5.64. The van der Waals surface area contributed by atoms with Crippen LogP contribution in [-0.4, -0.2) is 94.2 Å². The summed E-state index contributed by atoms with van der Waals surface area (Å²) >= 11 is 0. The highest BCUT2D eigenvalue weighted by Gasteiger charge is 2.25. The predicted molar refractivity (Wildman–Crippen MR) is 205 cm³/mol. The molecule has 0 aromatic carbocycles. The summed E-state index contributed by atoms with van der Waals surface area (Å²) in [7, 11) is 0. The predicted octanol–water partition coefficient (Wildman–Crippen LogP) is 6.17. The first-order chi connectivity index (χ1) is 26.1. The largest absolute Gasteiger partial charge is 0.461 e. The smallest absolute Gasteiger partial charge is 0.407 e. The van der Waals surface area contributed by atoms with E-state index in [0.29, 0.717) is 54.0 Å². The zero-order valence-corrected chi connectivity index (χ0v) is 33.2. The summed E-state index contributed by atoms with van der Waals surface area (Å²) in [5.74, 6) is -1.92. The van der Waals surface area contributed by atoms with Crippen molar-refractivity contribution in [1.82, 2.24) is 24.4 Å². The summed E-state index contributed by atoms with van der Waals surface area (Å²) in [4.78, 5) is 69.6. The van der Waals surface area contributed by atoms with E-state index >= 15 is 0 Å². The highest BCUT2D eigenvalue weighted by molar-refractivity contribution is 5.97. The minimum absolute atomic E-state index is 0.0585. The van der Waals surface area contributed by atoms with Gasteiger partial charge in [0.15, 0.2) is 11.4 Å². The lowest BCUT2D eigenvalue weighted by Crippen LogP contribution is -2.33. The number of aromatic nitrogens is 4. The van der Waals surface area contributed by atoms with Crippen LogP contribution in [0.4, 0.5) is 4.79 Å². The first kappa shape index (κ1) is 43.9. The number of pyridine rings is 2. The van der Waals surface area contributed by atoms with E-state index in [-0.39, 0.29) is 49.9 Å². The van der Waals surface area contributed by atoms with Crippen molar-refractivity contribution in [1.29, 1.82) is 0 Å². The average molecular weight is 767 g/mol. The molecular weight excluding hydrogens is 712 g/mol. The molecule has 55 heavy (non-hydrogen) atoms. The number of hydrogen-bond acceptors (Lipinski definition) is 13. The zero-order valence-electron chi connectivity index (χ0n) is 33.2. The van der Waals surface area contributed by atoms with Gasteiger partial charge in [-0.15, -0.1) is 0 Å². The SMILES string of the molecule is CCOC(=O)c1ccc2cc(C(=O)OCC)n(C(C)CCN)c2n1.CCOC(=O)c1ccc2cc(C(=O)OCC)n(C(C)CCNC(=O)OC(C)(C)C)c2n1. The van der Waals surface area contributed by atoms with Crippen LogP contribution in [0.1, 0.15) is 129 Å². The summed E-state index contributed by atoms with van der Waals surface area (Å²) in [5, 5.41) is 4.17. The molecule has 0 spiro atoms. The van der Waals surface area contributed by atoms with Gasteiger partial charge in [0.25, 0.3) is 0 Å². The molecule has 4 aromatic rings. The normalized spacial score (nSPS) is 12.3. The number of esters is 4. The van der Waals surface area contributed by atoms with E-state index in [1.807, 2.05) is 13.8 Å². The molecule has 0 aliphatic carbocycles. The Balaban J connectivity index is 0.000000305. The third-order valence-electron chi connectivity index (χ3n) is 8.01. The third-order valence-corrected chi connectivity index (χ3v) is 8.01. The number of rotatable bonds is 15. The number of alkyl carbamates (subject to hydrolysis) is 1. The van der Waals surface area contributed by atoms with Gasteiger partial charge in [-0.05, 0) is 118 Å². The molecule has 4 rings (SSSR count). The van der Waals surface area contributed by atoms with Crippen LogP contribution in [0.2, 0.25) is 0 Å². The Bertz CT molecular complexity index is 1960. The van der Waals surface area contributed by atoms with E-state index in [1.54, 1.807) is 94.0 Å². The second-order valence-corrected chi connectivity index (χ2v) is 13.4. The van der Waals surface area contributed by atoms with Crippen molar-refractivity contribution in [2.24, 2.45) is 5.73 Å². The zero-order chi connectivity index (χ0) is 40.9. The van der Waals surface area contributed by atoms with Crippen LogP contribution >= 0.6 is 0 Å². The molecule has 0 saturated heterocycles. The Kier molecular flexibility index (Phi) is 16.2. The van der Waals surface area contributed by atoms with Gasteiger partial charge in [-0.2, -0.15) is 0 Å². The van der Waals surface area contributed by atoms with Crippen molar-refractivity contribution in [3.05, 3.63) is 59.2 Å². The van der Waals surface area contributed by atoms with E-state index in [1.165, 1.54) is 0 Å². The summed E-state index contributed by atoms with van der Waals surface area (Å²) < 4.78 is 29.1. The van der Waals surface area contributed by atoms with Gasteiger partial charge >= 0.3 is 30.0 Å². The van der Waals surface area contributed by atoms with Gasteiger partial charge < -0.3 is 43.9 Å². The number of amides is 1. The number of nitrogens with zero attached hydrogens (tertiary/aromatic N) is 4. The molecule has 300 valence electrons. The van der Waals surface area contributed by atoms with E-state index in [9.17, 15) is 24.0 Å². The van der Waals surface area contributed by atoms with Crippen molar-refractivity contribution in [3.8, 4) is 0 Å². The highest BCUT2D eigenvalue weighted by Crippen LogP contribution is 2.27. The van der Waals surface area contributed by atoms with Gasteiger partial charge in [0.1, 0.15) is 28.3 Å². The lowest BCUT2D eigenvalue weighted by Gasteiger charge is -2.21. The van der Waals surface area contributed by atoms with Crippen LogP contribution in [0.5, 0.6) is 0 Å². The van der Waals surface area contributed by atoms with E-state index in [2.05, 4.69) is 15.3 Å². The first-order valence-corrected chi connectivity index (χ1v) is 18.5. The molecule has 0 bridgehead atoms. The minimum atomic E-state index is -0.586. The Morgan fingerprint density at radius 2 is 1.07 bits per heavy atom. The topological polar surface area (TPSA) is 205 Å². The first-order valence-electron chi connectivity index (χ1n) is 18.5. The lowest BCUT2D eigenvalue weighted by molar-refractivity contribution is 0.0499. The fourth-order valence-electron chi connectivity index (χ4n) is 5.64. The molecule has 16 nitrogen and oxygen atoms in total. The lowest BCUT2D eigenvalue weighted by atomic mass is 10.2. The van der Waals surface area contributed by atoms with Crippen molar-refractivity contribution in [2.45, 2.75) is 92.8 Å². The number of fused-ring (bicyclic) bond motifs is 2. The molecule has 2 atom stereocenters. The van der Waals surface area contributed by atoms with Gasteiger partial charge in [-0.3, -0.25) is 0 Å². The molecule has 3 N–H and O–H groups in total. The minimum Gasteiger partial charge on any atom is -0.461 e. The number of carbonyl (C=O) groups is 5. The van der Waals surface area contributed by atoms with Crippen molar-refractivity contribution < 1.29 is 47.7 Å². The molecule has 2 unspecified atom stereocenters. The summed E-state index contributed by atoms with van der Waals surface area (Å²) in [6.07, 6.45) is 0.660. The Morgan fingerprint density at radius 3 is 1.45 bits per heavy atom. The average Bonchev–Trinajstić information content (AvgIpc) is 3.70. The molecule has 16 heteroatoms. The molecule has 0 aliphatic rings. The Hall–Kier alpha value is -5.51. The fraction of sp³-hybridized carbons (Fsp3) is 0.513. The van der Waals surface area contributed by atoms with Gasteiger partial charge in [-0.25, -0.2) is 33.9 Å². The van der Waals surface area contributed by atoms with Crippen LogP contribution in [0, 0.1) is 0 Å². The van der Waals surface area contributed by atoms with Crippen LogP contribution in [-0.2, 0) is 23.7 Å². The van der Waals surface area contributed by atoms with Crippen molar-refractivity contribution in [2.75, 3.05) is 39.5 Å². The maximum absolute atomic E-state index is 12.5. The number of carbonyl (C=O) groups excluding carboxylic acids is 5. The number of nitrogens with two attached hydrogens (primary N) is 1. The van der Waals surface area contributed by atoms with Gasteiger partial charge in [0, 0.05) is 29.4 Å². The molecular formula is C39H54N6O10. The Morgan fingerprint density at radius 1 is 0.673 bits per heavy atom. The Labute approximate surface area is 321 Å². The van der Waals surface area contributed by atoms with Gasteiger partial charge in [-0.1, -0.05) is 0 Å². The second kappa shape index (κ2) is 20.2. The van der Waals surface area contributed by atoms with Gasteiger partial charge in [0.05, 0.1) is 26.4 Å². The van der Waals surface area contributed by atoms with Gasteiger partial charge in [0.2, 0.25) is 0 Å². The monoisotopic (exact) mass is 766 g/mol. The quantitative estimate of drug-likeness (QED) is 0.103. The third kappa shape index (κ3) is 11.7. The van der Waals surface area contributed by atoms with Crippen LogP contribution < -0.4 is 11.1 Å². The number of nitrogens with one attached hydrogen (secondary N) is 1. The van der Waals surface area contributed by atoms with Crippen LogP contribution in [0.25, 0.3) is 22.1 Å². The molecule has 4 aromatic heterocycles. The molecule has 0 fully saturated rings. The highest BCUT2D eigenvalue weighted by atomic mass is 16.6. The van der Waals surface area contributed by atoms with Crippen molar-refractivity contribution in [3.63, 3.8) is 0 Å². The van der Waals surface area contributed by atoms with Crippen LogP contribution in [0.15, 0.2) is 36.4 Å². The molecule has 0 aliphatic heterocycles. The van der Waals surface area contributed by atoms with Crippen molar-refractivity contribution >= 4 is 52.0 Å². The van der Waals surface area contributed by atoms with Crippen LogP contribution in [0.3, 0.4) is 0 Å². The van der Waals surface area contributed by atoms with E-state index in [0.717, 1.165) is 5.39 Å². The molecule has 0 radical (unpaired) electrons. The second-order valence-electron chi connectivity index (χ2n) is 13.4. The van der Waals surface area contributed by atoms with E-state index < -0.39 is 35.6 Å². The standard InChI is InChI=1S/C22H31N3O6.C17H23N3O4/c1-7-29-19(26)16-10-9-15-13-17(20(27)30-8-2)25(18(15)24-16)14(3)11-12-23-21(28)31-22(4,5)6;1-4-23-16(21)13-7-6-12-10-14(17(22)24-5-2)20(15(12)19-13)11(3)8-9-18/h9-10,13-14H,7-8,11-12H2,1-6H3,(H,23,28);6-7,10-11H,4-5,8-9,18H2,1-3H3. The maximum Gasteiger partial charge on any atom is 0.407 e. The summed E-state index contributed by atoms with van der Waals surface area (Å²) in [6.45, 7) is 18.0. The number of ether oxygens (including phenoxy) is 5. The molecule has 4 heterocycles. The number of hydrogen-bond donors (Lipinski definition) is 2. The molecule has 1 amide bonds. The maximum atomic E-state index is 12.5. The summed E-state index contributed by atoms with van der Waals surface area (Å²) in [6, 6.07) is 9.76. The molecule has 0 saturated carbocycles. The van der Waals surface area contributed by atoms with E-state index in [4.69, 9.17) is 29.4 Å². The summed E-state index contributed by atoms with van der Waals surface area (Å²) in [5.41, 5.74) is 7.18.